The summed E-state index contributed by atoms with van der Waals surface area (Å²) in [6.45, 7) is 1.95. The minimum Gasteiger partial charge on any atom is -0.493 e. The molecule has 1 aromatic carbocycles. The molecule has 0 atom stereocenters. The van der Waals surface area contributed by atoms with Gasteiger partial charge in [0.05, 0.1) is 31.4 Å². The summed E-state index contributed by atoms with van der Waals surface area (Å²) in [6.07, 6.45) is 5.14. The highest BCUT2D eigenvalue weighted by atomic mass is 32.2. The number of sulfonamides is 1. The molecule has 146 valence electrons. The Labute approximate surface area is 159 Å². The molecule has 0 amide bonds. The number of hydrogen-bond donors (Lipinski definition) is 1. The monoisotopic (exact) mass is 392 g/mol. The van der Waals surface area contributed by atoms with Crippen molar-refractivity contribution in [3.8, 4) is 11.5 Å². The molecule has 0 spiro atoms. The molecule has 2 aromatic rings. The zero-order valence-electron chi connectivity index (χ0n) is 15.5. The SMILES string of the molecule is COc1ccc(S(=O)(=O)NCc2ccnc(N3CCCCC3)n2)cc1OC. The molecule has 0 unspecified atom stereocenters. The molecule has 0 saturated carbocycles. The number of rotatable bonds is 7. The van der Waals surface area contributed by atoms with Crippen molar-refractivity contribution in [2.45, 2.75) is 30.7 Å². The fraction of sp³-hybridized carbons (Fsp3) is 0.444. The Kier molecular flexibility index (Phi) is 6.12. The van der Waals surface area contributed by atoms with Gasteiger partial charge in [-0.05, 0) is 37.5 Å². The summed E-state index contributed by atoms with van der Waals surface area (Å²) in [6, 6.07) is 6.18. The van der Waals surface area contributed by atoms with Crippen LogP contribution in [0.25, 0.3) is 0 Å². The predicted octanol–water partition coefficient (Wildman–Crippen LogP) is 1.96. The van der Waals surface area contributed by atoms with Gasteiger partial charge in [-0.3, -0.25) is 0 Å². The van der Waals surface area contributed by atoms with E-state index in [1.807, 2.05) is 0 Å². The normalized spacial score (nSPS) is 14.8. The molecule has 1 N–H and O–H groups in total. The van der Waals surface area contributed by atoms with Crippen molar-refractivity contribution in [3.63, 3.8) is 0 Å². The first-order valence-electron chi connectivity index (χ1n) is 8.82. The van der Waals surface area contributed by atoms with Gasteiger partial charge in [-0.2, -0.15) is 0 Å². The topological polar surface area (TPSA) is 93.7 Å². The van der Waals surface area contributed by atoms with Gasteiger partial charge in [-0.15, -0.1) is 0 Å². The number of piperidine rings is 1. The van der Waals surface area contributed by atoms with Crippen molar-refractivity contribution < 1.29 is 17.9 Å². The number of aromatic nitrogens is 2. The van der Waals surface area contributed by atoms with Crippen LogP contribution in [0.3, 0.4) is 0 Å². The van der Waals surface area contributed by atoms with Crippen LogP contribution in [0.2, 0.25) is 0 Å². The van der Waals surface area contributed by atoms with E-state index in [1.165, 1.54) is 32.8 Å². The van der Waals surface area contributed by atoms with Crippen LogP contribution in [-0.4, -0.2) is 45.7 Å². The molecular formula is C18H24N4O4S. The lowest BCUT2D eigenvalue weighted by Gasteiger charge is -2.26. The van der Waals surface area contributed by atoms with E-state index in [2.05, 4.69) is 19.6 Å². The largest absolute Gasteiger partial charge is 0.493 e. The Balaban J connectivity index is 1.72. The van der Waals surface area contributed by atoms with E-state index in [9.17, 15) is 8.42 Å². The summed E-state index contributed by atoms with van der Waals surface area (Å²) in [5.74, 6) is 1.48. The maximum Gasteiger partial charge on any atom is 0.241 e. The van der Waals surface area contributed by atoms with Crippen LogP contribution in [0.5, 0.6) is 11.5 Å². The van der Waals surface area contributed by atoms with Crippen LogP contribution in [0.4, 0.5) is 5.95 Å². The van der Waals surface area contributed by atoms with E-state index in [0.717, 1.165) is 25.9 Å². The molecular weight excluding hydrogens is 368 g/mol. The standard InChI is InChI=1S/C18H24N4O4S/c1-25-16-7-6-15(12-17(16)26-2)27(23,24)20-13-14-8-9-19-18(21-14)22-10-4-3-5-11-22/h6-9,12,20H,3-5,10-11,13H2,1-2H3. The lowest BCUT2D eigenvalue weighted by Crippen LogP contribution is -2.31. The summed E-state index contributed by atoms with van der Waals surface area (Å²) in [5.41, 5.74) is 0.620. The number of nitrogens with zero attached hydrogens (tertiary/aromatic N) is 3. The molecule has 1 aliphatic rings. The van der Waals surface area contributed by atoms with Gasteiger partial charge < -0.3 is 14.4 Å². The maximum absolute atomic E-state index is 12.6. The van der Waals surface area contributed by atoms with Crippen LogP contribution in [0.15, 0.2) is 35.4 Å². The van der Waals surface area contributed by atoms with E-state index in [4.69, 9.17) is 9.47 Å². The summed E-state index contributed by atoms with van der Waals surface area (Å²) >= 11 is 0. The predicted molar refractivity (Wildman–Crippen MR) is 102 cm³/mol. The highest BCUT2D eigenvalue weighted by Crippen LogP contribution is 2.29. The quantitative estimate of drug-likeness (QED) is 0.770. The summed E-state index contributed by atoms with van der Waals surface area (Å²) in [7, 11) is -0.751. The molecule has 1 aromatic heterocycles. The molecule has 0 bridgehead atoms. The van der Waals surface area contributed by atoms with Crippen LogP contribution >= 0.6 is 0 Å². The lowest BCUT2D eigenvalue weighted by atomic mass is 10.1. The van der Waals surface area contributed by atoms with E-state index in [1.54, 1.807) is 18.3 Å². The highest BCUT2D eigenvalue weighted by molar-refractivity contribution is 7.89. The molecule has 1 aliphatic heterocycles. The van der Waals surface area contributed by atoms with Gasteiger partial charge in [-0.1, -0.05) is 0 Å². The zero-order valence-corrected chi connectivity index (χ0v) is 16.3. The molecule has 0 radical (unpaired) electrons. The fourth-order valence-corrected chi connectivity index (χ4v) is 3.98. The zero-order chi connectivity index (χ0) is 19.3. The third kappa shape index (κ3) is 4.67. The first-order chi connectivity index (χ1) is 13.0. The first-order valence-corrected chi connectivity index (χ1v) is 10.3. The Morgan fingerprint density at radius 1 is 1.07 bits per heavy atom. The molecule has 1 saturated heterocycles. The lowest BCUT2D eigenvalue weighted by molar-refractivity contribution is 0.354. The Hall–Kier alpha value is -2.39. The van der Waals surface area contributed by atoms with Gasteiger partial charge in [0.25, 0.3) is 0 Å². The molecule has 2 heterocycles. The van der Waals surface area contributed by atoms with Gasteiger partial charge in [0.15, 0.2) is 11.5 Å². The minimum absolute atomic E-state index is 0.0834. The molecule has 0 aliphatic carbocycles. The van der Waals surface area contributed by atoms with Gasteiger partial charge in [0, 0.05) is 25.4 Å². The van der Waals surface area contributed by atoms with E-state index in [0.29, 0.717) is 23.1 Å². The van der Waals surface area contributed by atoms with Crippen molar-refractivity contribution in [2.75, 3.05) is 32.2 Å². The van der Waals surface area contributed by atoms with Gasteiger partial charge in [0.1, 0.15) is 0 Å². The van der Waals surface area contributed by atoms with Crippen LogP contribution < -0.4 is 19.1 Å². The average Bonchev–Trinajstić information content (AvgIpc) is 2.72. The van der Waals surface area contributed by atoms with Gasteiger partial charge in [-0.25, -0.2) is 23.1 Å². The first kappa shape index (κ1) is 19.4. The van der Waals surface area contributed by atoms with Crippen molar-refractivity contribution >= 4 is 16.0 Å². The van der Waals surface area contributed by atoms with Gasteiger partial charge >= 0.3 is 0 Å². The Morgan fingerprint density at radius 2 is 1.81 bits per heavy atom. The van der Waals surface area contributed by atoms with Crippen LogP contribution in [-0.2, 0) is 16.6 Å². The fourth-order valence-electron chi connectivity index (χ4n) is 2.97. The highest BCUT2D eigenvalue weighted by Gasteiger charge is 2.18. The second-order valence-corrected chi connectivity index (χ2v) is 8.00. The summed E-state index contributed by atoms with van der Waals surface area (Å²) < 4.78 is 38.1. The van der Waals surface area contributed by atoms with Crippen LogP contribution in [0.1, 0.15) is 25.0 Å². The number of ether oxygens (including phenoxy) is 2. The number of nitrogens with one attached hydrogen (secondary N) is 1. The third-order valence-corrected chi connectivity index (χ3v) is 5.85. The molecule has 1 fully saturated rings. The van der Waals surface area contributed by atoms with E-state index < -0.39 is 10.0 Å². The van der Waals surface area contributed by atoms with Crippen molar-refractivity contribution in [3.05, 3.63) is 36.2 Å². The number of anilines is 1. The Bertz CT molecular complexity index is 883. The second kappa shape index (κ2) is 8.53. The van der Waals surface area contributed by atoms with Crippen molar-refractivity contribution in [2.24, 2.45) is 0 Å². The Morgan fingerprint density at radius 3 is 2.52 bits per heavy atom. The molecule has 8 nitrogen and oxygen atoms in total. The van der Waals surface area contributed by atoms with Crippen LogP contribution in [0, 0.1) is 0 Å². The van der Waals surface area contributed by atoms with Crippen molar-refractivity contribution in [1.29, 1.82) is 0 Å². The van der Waals surface area contributed by atoms with Crippen molar-refractivity contribution in [1.82, 2.24) is 14.7 Å². The van der Waals surface area contributed by atoms with Gasteiger partial charge in [0.2, 0.25) is 16.0 Å². The number of hydrogen-bond acceptors (Lipinski definition) is 7. The number of methoxy groups -OCH3 is 2. The minimum atomic E-state index is -3.71. The second-order valence-electron chi connectivity index (χ2n) is 6.24. The summed E-state index contributed by atoms with van der Waals surface area (Å²) in [5, 5.41) is 0. The smallest absolute Gasteiger partial charge is 0.241 e. The van der Waals surface area contributed by atoms with E-state index in [-0.39, 0.29) is 11.4 Å². The summed E-state index contributed by atoms with van der Waals surface area (Å²) in [4.78, 5) is 11.0. The third-order valence-electron chi connectivity index (χ3n) is 4.45. The van der Waals surface area contributed by atoms with E-state index >= 15 is 0 Å². The maximum atomic E-state index is 12.6. The number of benzene rings is 1. The molecule has 3 rings (SSSR count). The molecule has 27 heavy (non-hydrogen) atoms. The average molecular weight is 392 g/mol. The molecule has 9 heteroatoms.